The third kappa shape index (κ3) is 11.2. The number of thioether (sulfide) groups is 1. The summed E-state index contributed by atoms with van der Waals surface area (Å²) in [6.45, 7) is 0.405. The fourth-order valence-electron chi connectivity index (χ4n) is 6.57. The van der Waals surface area contributed by atoms with Gasteiger partial charge >= 0.3 is 0 Å². The Labute approximate surface area is 327 Å². The lowest BCUT2D eigenvalue weighted by Gasteiger charge is -2.36. The van der Waals surface area contributed by atoms with Crippen LogP contribution < -0.4 is 21.1 Å². The van der Waals surface area contributed by atoms with E-state index >= 15 is 0 Å². The molecule has 1 aliphatic rings. The van der Waals surface area contributed by atoms with Crippen LogP contribution in [0.5, 0.6) is 5.75 Å². The molecule has 5 aromatic rings. The van der Waals surface area contributed by atoms with Crippen LogP contribution in [0.4, 0.5) is 11.4 Å². The average Bonchev–Trinajstić information content (AvgIpc) is 3.23. The van der Waals surface area contributed by atoms with Gasteiger partial charge in [-0.25, -0.2) is 0 Å². The lowest BCUT2D eigenvalue weighted by atomic mass is 9.97. The second kappa shape index (κ2) is 20.0. The molecule has 0 bridgehead atoms. The van der Waals surface area contributed by atoms with Crippen LogP contribution >= 0.6 is 11.8 Å². The van der Waals surface area contributed by atoms with Gasteiger partial charge in [0.15, 0.2) is 6.29 Å². The molecule has 0 radical (unpaired) electrons. The molecule has 0 unspecified atom stereocenters. The number of rotatable bonds is 17. The molecule has 55 heavy (non-hydrogen) atoms. The van der Waals surface area contributed by atoms with E-state index in [1.54, 1.807) is 31.0 Å². The second-order valence-electron chi connectivity index (χ2n) is 13.6. The molecule has 10 heteroatoms. The summed E-state index contributed by atoms with van der Waals surface area (Å²) in [4.78, 5) is 26.1. The highest BCUT2D eigenvalue weighted by Gasteiger charge is 2.32. The van der Waals surface area contributed by atoms with Gasteiger partial charge in [-0.3, -0.25) is 9.59 Å². The average molecular weight is 760 g/mol. The standard InChI is InChI=1S/C45H49N3O6S/c1-52-40-15-9-10-16-42(40)55-30-36-27-41(33-21-19-31(29-49)20-22-33)54-45(53-36)34-25-23-32(24-26-34)37-12-6-5-11-35(37)28-47-43(50)17-3-2-4-18-44(51)48-39-14-8-7-13-38(39)46/h5-16,19-26,36,41,45,49H,2-4,17-18,27-30,46H2,1H3,(H,47,50)(H,48,51)/t36-,41+,45+/m0/s1. The van der Waals surface area contributed by atoms with Crippen molar-refractivity contribution in [3.05, 3.63) is 144 Å². The predicted molar refractivity (Wildman–Crippen MR) is 218 cm³/mol. The Hall–Kier alpha value is -5.13. The molecule has 0 spiro atoms. The summed E-state index contributed by atoms with van der Waals surface area (Å²) in [6.07, 6.45) is 2.81. The number of benzene rings is 5. The number of nitrogens with one attached hydrogen (secondary N) is 2. The number of carbonyl (C=O) groups excluding carboxylic acids is 2. The number of ether oxygens (including phenoxy) is 3. The van der Waals surface area contributed by atoms with Gasteiger partial charge in [0.05, 0.1) is 37.3 Å². The van der Waals surface area contributed by atoms with E-state index in [0.717, 1.165) is 56.2 Å². The monoisotopic (exact) mass is 759 g/mol. The molecule has 286 valence electrons. The molecule has 1 fully saturated rings. The van der Waals surface area contributed by atoms with Gasteiger partial charge in [-0.2, -0.15) is 0 Å². The summed E-state index contributed by atoms with van der Waals surface area (Å²) < 4.78 is 18.8. The Bertz CT molecular complexity index is 2010. The molecular weight excluding hydrogens is 711 g/mol. The number of anilines is 2. The maximum Gasteiger partial charge on any atom is 0.224 e. The van der Waals surface area contributed by atoms with Gasteiger partial charge in [0, 0.05) is 42.0 Å². The lowest BCUT2D eigenvalue weighted by Crippen LogP contribution is -2.31. The molecule has 0 aliphatic carbocycles. The van der Waals surface area contributed by atoms with Gasteiger partial charge < -0.3 is 35.7 Å². The first-order chi connectivity index (χ1) is 26.9. The number of para-hydroxylation sites is 3. The van der Waals surface area contributed by atoms with Crippen LogP contribution in [0.3, 0.4) is 0 Å². The summed E-state index contributed by atoms with van der Waals surface area (Å²) in [5.41, 5.74) is 13.0. The number of nitrogens with two attached hydrogens (primary N) is 1. The minimum Gasteiger partial charge on any atom is -0.496 e. The molecule has 0 saturated carbocycles. The predicted octanol–water partition coefficient (Wildman–Crippen LogP) is 8.98. The van der Waals surface area contributed by atoms with Crippen molar-refractivity contribution in [1.82, 2.24) is 5.32 Å². The van der Waals surface area contributed by atoms with Crippen molar-refractivity contribution in [2.45, 2.75) is 75.1 Å². The normalized spacial score (nSPS) is 16.7. The second-order valence-corrected chi connectivity index (χ2v) is 14.6. The number of aliphatic hydroxyl groups excluding tert-OH is 1. The molecule has 5 N–H and O–H groups in total. The summed E-state index contributed by atoms with van der Waals surface area (Å²) in [5.74, 6) is 1.47. The molecule has 1 saturated heterocycles. The minimum atomic E-state index is -0.569. The van der Waals surface area contributed by atoms with E-state index in [9.17, 15) is 14.7 Å². The quantitative estimate of drug-likeness (QED) is 0.0420. The molecular formula is C45H49N3O6S. The summed E-state index contributed by atoms with van der Waals surface area (Å²) in [7, 11) is 1.68. The molecule has 3 atom stereocenters. The van der Waals surface area contributed by atoms with E-state index in [4.69, 9.17) is 19.9 Å². The van der Waals surface area contributed by atoms with Gasteiger partial charge in [0.2, 0.25) is 11.8 Å². The van der Waals surface area contributed by atoms with Crippen LogP contribution in [-0.2, 0) is 32.2 Å². The van der Waals surface area contributed by atoms with Crippen LogP contribution in [0.15, 0.2) is 126 Å². The first-order valence-electron chi connectivity index (χ1n) is 18.8. The third-order valence-electron chi connectivity index (χ3n) is 9.64. The van der Waals surface area contributed by atoms with E-state index in [1.807, 2.05) is 84.9 Å². The Morgan fingerprint density at radius 3 is 2.25 bits per heavy atom. The lowest BCUT2D eigenvalue weighted by molar-refractivity contribution is -0.245. The summed E-state index contributed by atoms with van der Waals surface area (Å²) in [6, 6.07) is 39.4. The third-order valence-corrected chi connectivity index (χ3v) is 10.8. The Balaban J connectivity index is 1.04. The topological polar surface area (TPSA) is 132 Å². The van der Waals surface area contributed by atoms with Gasteiger partial charge in [-0.1, -0.05) is 103 Å². The minimum absolute atomic E-state index is 0.00682. The van der Waals surface area contributed by atoms with E-state index < -0.39 is 6.29 Å². The van der Waals surface area contributed by atoms with Gasteiger partial charge in [-0.15, -0.1) is 11.8 Å². The van der Waals surface area contributed by atoms with Gasteiger partial charge in [0.25, 0.3) is 0 Å². The van der Waals surface area contributed by atoms with Crippen LogP contribution in [0.25, 0.3) is 11.1 Å². The number of hydrogen-bond acceptors (Lipinski definition) is 8. The maximum atomic E-state index is 12.8. The number of methoxy groups -OCH3 is 1. The maximum absolute atomic E-state index is 12.8. The SMILES string of the molecule is COc1ccccc1SC[C@@H]1C[C@H](c2ccc(CO)cc2)O[C@H](c2ccc(-c3ccccc3CNC(=O)CCCCCC(=O)Nc3ccccc3N)cc2)O1. The van der Waals surface area contributed by atoms with E-state index in [-0.39, 0.29) is 30.6 Å². The fourth-order valence-corrected chi connectivity index (χ4v) is 7.62. The van der Waals surface area contributed by atoms with Gasteiger partial charge in [-0.05, 0) is 64.9 Å². The van der Waals surface area contributed by atoms with Crippen LogP contribution in [0.1, 0.15) is 73.2 Å². The van der Waals surface area contributed by atoms with Crippen molar-refractivity contribution < 1.29 is 28.9 Å². The summed E-state index contributed by atoms with van der Waals surface area (Å²) in [5, 5.41) is 15.5. The molecule has 6 rings (SSSR count). The fraction of sp³-hybridized carbons (Fsp3) is 0.289. The first-order valence-corrected chi connectivity index (χ1v) is 19.7. The molecule has 5 aromatic carbocycles. The van der Waals surface area contributed by atoms with Crippen LogP contribution in [-0.4, -0.2) is 35.9 Å². The Kier molecular flexibility index (Phi) is 14.4. The van der Waals surface area contributed by atoms with Crippen molar-refractivity contribution in [1.29, 1.82) is 0 Å². The largest absolute Gasteiger partial charge is 0.496 e. The first kappa shape index (κ1) is 39.6. The number of amides is 2. The number of nitrogen functional groups attached to an aromatic ring is 1. The molecule has 1 aliphatic heterocycles. The zero-order valence-corrected chi connectivity index (χ0v) is 31.9. The molecule has 0 aromatic heterocycles. The zero-order chi connectivity index (χ0) is 38.4. The highest BCUT2D eigenvalue weighted by Crippen LogP contribution is 2.41. The van der Waals surface area contributed by atoms with Crippen molar-refractivity contribution >= 4 is 35.0 Å². The van der Waals surface area contributed by atoms with Crippen molar-refractivity contribution in [3.8, 4) is 16.9 Å². The van der Waals surface area contributed by atoms with Gasteiger partial charge in [0.1, 0.15) is 5.75 Å². The van der Waals surface area contributed by atoms with Crippen LogP contribution in [0.2, 0.25) is 0 Å². The number of carbonyl (C=O) groups is 2. The van der Waals surface area contributed by atoms with E-state index in [0.29, 0.717) is 50.0 Å². The molecule has 2 amide bonds. The van der Waals surface area contributed by atoms with E-state index in [2.05, 4.69) is 34.9 Å². The molecule has 9 nitrogen and oxygen atoms in total. The molecule has 1 heterocycles. The van der Waals surface area contributed by atoms with Crippen molar-refractivity contribution in [2.75, 3.05) is 23.9 Å². The zero-order valence-electron chi connectivity index (χ0n) is 31.1. The number of hydrogen-bond donors (Lipinski definition) is 4. The summed E-state index contributed by atoms with van der Waals surface area (Å²) >= 11 is 1.71. The Morgan fingerprint density at radius 2 is 1.49 bits per heavy atom. The number of aliphatic hydroxyl groups is 1. The smallest absolute Gasteiger partial charge is 0.224 e. The highest BCUT2D eigenvalue weighted by atomic mass is 32.2. The Morgan fingerprint density at radius 1 is 0.800 bits per heavy atom. The van der Waals surface area contributed by atoms with Crippen LogP contribution in [0, 0.1) is 0 Å². The van der Waals surface area contributed by atoms with E-state index in [1.165, 1.54) is 0 Å². The number of unbranched alkanes of at least 4 members (excludes halogenated alkanes) is 2. The van der Waals surface area contributed by atoms with Crippen molar-refractivity contribution in [2.24, 2.45) is 0 Å². The van der Waals surface area contributed by atoms with Crippen molar-refractivity contribution in [3.63, 3.8) is 0 Å². The highest BCUT2D eigenvalue weighted by molar-refractivity contribution is 7.99.